The van der Waals surface area contributed by atoms with Crippen molar-refractivity contribution < 1.29 is 14.7 Å². The van der Waals surface area contributed by atoms with Gasteiger partial charge in [-0.05, 0) is 12.8 Å². The van der Waals surface area contributed by atoms with Gasteiger partial charge in [0.1, 0.15) is 10.7 Å². The number of carboxylic acid groups (broad SMARTS) is 1. The number of carboxylic acids is 1. The van der Waals surface area contributed by atoms with Crippen molar-refractivity contribution in [2.24, 2.45) is 11.1 Å². The summed E-state index contributed by atoms with van der Waals surface area (Å²) < 4.78 is 0. The van der Waals surface area contributed by atoms with E-state index in [0.717, 1.165) is 25.7 Å². The van der Waals surface area contributed by atoms with Crippen molar-refractivity contribution in [2.75, 3.05) is 6.54 Å². The number of amides is 1. The van der Waals surface area contributed by atoms with E-state index in [9.17, 15) is 14.7 Å². The Morgan fingerprint density at radius 2 is 2.00 bits per heavy atom. The molecule has 0 saturated heterocycles. The van der Waals surface area contributed by atoms with Crippen molar-refractivity contribution in [3.8, 4) is 0 Å². The molecule has 0 radical (unpaired) electrons. The summed E-state index contributed by atoms with van der Waals surface area (Å²) in [4.78, 5) is 27.8. The molecule has 1 aromatic rings. The first-order chi connectivity index (χ1) is 10.1. The van der Waals surface area contributed by atoms with E-state index < -0.39 is 11.4 Å². The predicted octanol–water partition coefficient (Wildman–Crippen LogP) is 1.76. The first-order valence-electron chi connectivity index (χ1n) is 7.23. The number of hydrogen-bond acceptors (Lipinski definition) is 5. The lowest BCUT2D eigenvalue weighted by Crippen LogP contribution is -2.43. The molecule has 116 valence electrons. The van der Waals surface area contributed by atoms with E-state index in [1.807, 2.05) is 0 Å². The highest BCUT2D eigenvalue weighted by Crippen LogP contribution is 2.34. The summed E-state index contributed by atoms with van der Waals surface area (Å²) in [5, 5.41) is 14.6. The van der Waals surface area contributed by atoms with Crippen LogP contribution in [-0.2, 0) is 11.3 Å². The van der Waals surface area contributed by atoms with Gasteiger partial charge in [0.25, 0.3) is 5.91 Å². The SMILES string of the molecule is NCc1nc(C(=O)NCC2(C(=O)O)CCCCCC2)cs1. The minimum atomic E-state index is -0.834. The van der Waals surface area contributed by atoms with E-state index in [4.69, 9.17) is 5.73 Å². The third-order valence-electron chi connectivity index (χ3n) is 4.06. The number of carbonyl (C=O) groups is 2. The molecule has 1 amide bonds. The molecule has 2 rings (SSSR count). The fourth-order valence-corrected chi connectivity index (χ4v) is 3.38. The minimum absolute atomic E-state index is 0.163. The number of thiazole rings is 1. The standard InChI is InChI=1S/C14H21N3O3S/c15-7-11-17-10(8-21-11)12(18)16-9-14(13(19)20)5-3-1-2-4-6-14/h8H,1-7,9,15H2,(H,16,18)(H,19,20). The molecule has 0 bridgehead atoms. The summed E-state index contributed by atoms with van der Waals surface area (Å²) in [5.41, 5.74) is 4.95. The van der Waals surface area contributed by atoms with Gasteiger partial charge in [-0.3, -0.25) is 9.59 Å². The zero-order chi connectivity index (χ0) is 15.3. The summed E-state index contributed by atoms with van der Waals surface area (Å²) in [7, 11) is 0. The van der Waals surface area contributed by atoms with Crippen LogP contribution in [0.3, 0.4) is 0 Å². The maximum Gasteiger partial charge on any atom is 0.311 e. The maximum atomic E-state index is 12.1. The molecule has 0 spiro atoms. The normalized spacial score (nSPS) is 18.0. The number of nitrogens with zero attached hydrogens (tertiary/aromatic N) is 1. The van der Waals surface area contributed by atoms with Crippen LogP contribution in [0, 0.1) is 5.41 Å². The molecule has 1 aliphatic carbocycles. The number of nitrogens with one attached hydrogen (secondary N) is 1. The molecule has 1 aliphatic rings. The molecule has 1 heterocycles. The Morgan fingerprint density at radius 1 is 1.33 bits per heavy atom. The molecule has 7 heteroatoms. The van der Waals surface area contributed by atoms with Crippen molar-refractivity contribution in [3.05, 3.63) is 16.1 Å². The number of aliphatic carboxylic acids is 1. The van der Waals surface area contributed by atoms with Gasteiger partial charge in [-0.25, -0.2) is 4.98 Å². The van der Waals surface area contributed by atoms with Gasteiger partial charge in [-0.1, -0.05) is 25.7 Å². The van der Waals surface area contributed by atoms with E-state index in [-0.39, 0.29) is 12.5 Å². The van der Waals surface area contributed by atoms with Crippen molar-refractivity contribution in [3.63, 3.8) is 0 Å². The molecule has 0 aliphatic heterocycles. The lowest BCUT2D eigenvalue weighted by Gasteiger charge is -2.28. The molecule has 1 fully saturated rings. The van der Waals surface area contributed by atoms with Gasteiger partial charge >= 0.3 is 5.97 Å². The largest absolute Gasteiger partial charge is 0.481 e. The third-order valence-corrected chi connectivity index (χ3v) is 4.93. The third kappa shape index (κ3) is 3.79. The lowest BCUT2D eigenvalue weighted by molar-refractivity contribution is -0.149. The number of carbonyl (C=O) groups excluding carboxylic acids is 1. The molecule has 21 heavy (non-hydrogen) atoms. The number of hydrogen-bond donors (Lipinski definition) is 3. The van der Waals surface area contributed by atoms with Gasteiger partial charge in [-0.15, -0.1) is 11.3 Å². The van der Waals surface area contributed by atoms with Crippen LogP contribution < -0.4 is 11.1 Å². The second-order valence-corrected chi connectivity index (χ2v) is 6.46. The second kappa shape index (κ2) is 7.00. The monoisotopic (exact) mass is 311 g/mol. The van der Waals surface area contributed by atoms with Gasteiger partial charge < -0.3 is 16.2 Å². The molecule has 0 atom stereocenters. The van der Waals surface area contributed by atoms with Crippen LogP contribution in [0.15, 0.2) is 5.38 Å². The molecule has 1 saturated carbocycles. The number of nitrogens with two attached hydrogens (primary N) is 1. The molecule has 6 nitrogen and oxygen atoms in total. The van der Waals surface area contributed by atoms with Crippen LogP contribution in [0.25, 0.3) is 0 Å². The van der Waals surface area contributed by atoms with E-state index in [1.54, 1.807) is 5.38 Å². The summed E-state index contributed by atoms with van der Waals surface area (Å²) in [6.45, 7) is 0.466. The van der Waals surface area contributed by atoms with Gasteiger partial charge in [-0.2, -0.15) is 0 Å². The van der Waals surface area contributed by atoms with E-state index in [1.165, 1.54) is 11.3 Å². The molecular weight excluding hydrogens is 290 g/mol. The Bertz CT molecular complexity index is 507. The molecular formula is C14H21N3O3S. The van der Waals surface area contributed by atoms with Crippen molar-refractivity contribution in [1.29, 1.82) is 0 Å². The van der Waals surface area contributed by atoms with Gasteiger partial charge in [0.05, 0.1) is 5.41 Å². The van der Waals surface area contributed by atoms with Crippen molar-refractivity contribution in [2.45, 2.75) is 45.1 Å². The van der Waals surface area contributed by atoms with Crippen LogP contribution >= 0.6 is 11.3 Å². The average Bonchev–Trinajstić information content (AvgIpc) is 2.83. The van der Waals surface area contributed by atoms with Crippen molar-refractivity contribution >= 4 is 23.2 Å². The van der Waals surface area contributed by atoms with Crippen molar-refractivity contribution in [1.82, 2.24) is 10.3 Å². The smallest absolute Gasteiger partial charge is 0.311 e. The van der Waals surface area contributed by atoms with Crippen LogP contribution in [-0.4, -0.2) is 28.5 Å². The highest BCUT2D eigenvalue weighted by molar-refractivity contribution is 7.09. The molecule has 0 unspecified atom stereocenters. The Hall–Kier alpha value is -1.47. The Balaban J connectivity index is 2.01. The van der Waals surface area contributed by atoms with Crippen LogP contribution in [0.4, 0.5) is 0 Å². The van der Waals surface area contributed by atoms with Gasteiger partial charge in [0, 0.05) is 18.5 Å². The zero-order valence-corrected chi connectivity index (χ0v) is 12.7. The second-order valence-electron chi connectivity index (χ2n) is 5.51. The fourth-order valence-electron chi connectivity index (χ4n) is 2.72. The molecule has 0 aromatic carbocycles. The van der Waals surface area contributed by atoms with Gasteiger partial charge in [0.15, 0.2) is 0 Å². The highest BCUT2D eigenvalue weighted by Gasteiger charge is 2.39. The molecule has 1 aromatic heterocycles. The average molecular weight is 311 g/mol. The minimum Gasteiger partial charge on any atom is -0.481 e. The van der Waals surface area contributed by atoms with E-state index in [2.05, 4.69) is 10.3 Å². The zero-order valence-electron chi connectivity index (χ0n) is 11.9. The predicted molar refractivity (Wildman–Crippen MR) is 80.1 cm³/mol. The Kier molecular flexibility index (Phi) is 5.30. The highest BCUT2D eigenvalue weighted by atomic mass is 32.1. The first-order valence-corrected chi connectivity index (χ1v) is 8.11. The van der Waals surface area contributed by atoms with Crippen LogP contribution in [0.2, 0.25) is 0 Å². The van der Waals surface area contributed by atoms with Crippen LogP contribution in [0.1, 0.15) is 54.0 Å². The summed E-state index contributed by atoms with van der Waals surface area (Å²) >= 11 is 1.33. The number of aromatic nitrogens is 1. The molecule has 4 N–H and O–H groups in total. The lowest BCUT2D eigenvalue weighted by atomic mass is 9.80. The first kappa shape index (κ1) is 15.9. The fraction of sp³-hybridized carbons (Fsp3) is 0.643. The Labute approximate surface area is 127 Å². The van der Waals surface area contributed by atoms with Gasteiger partial charge in [0.2, 0.25) is 0 Å². The van der Waals surface area contributed by atoms with E-state index >= 15 is 0 Å². The van der Waals surface area contributed by atoms with Crippen LogP contribution in [0.5, 0.6) is 0 Å². The topological polar surface area (TPSA) is 105 Å². The summed E-state index contributed by atoms with van der Waals surface area (Å²) in [6, 6.07) is 0. The number of rotatable bonds is 5. The van der Waals surface area contributed by atoms with E-state index in [0.29, 0.717) is 30.1 Å². The quantitative estimate of drug-likeness (QED) is 0.719. The summed E-state index contributed by atoms with van der Waals surface area (Å²) in [6.07, 6.45) is 5.16. The maximum absolute atomic E-state index is 12.1. The summed E-state index contributed by atoms with van der Waals surface area (Å²) in [5.74, 6) is -1.14. The Morgan fingerprint density at radius 3 is 2.52 bits per heavy atom.